The highest BCUT2D eigenvalue weighted by Crippen LogP contribution is 2.18. The average Bonchev–Trinajstić information content (AvgIpc) is 2.50. The van der Waals surface area contributed by atoms with Gasteiger partial charge in [-0.1, -0.05) is 0 Å². The van der Waals surface area contributed by atoms with Crippen LogP contribution in [0.1, 0.15) is 6.42 Å². The van der Waals surface area contributed by atoms with E-state index in [0.717, 1.165) is 4.68 Å². The molecule has 0 saturated heterocycles. The Kier molecular flexibility index (Phi) is 3.96. The minimum absolute atomic E-state index is 0.327. The zero-order valence-electron chi connectivity index (χ0n) is 8.00. The Bertz CT molecular complexity index is 298. The largest absolute Gasteiger partial charge is 0.490 e. The molecule has 0 aromatic carbocycles. The van der Waals surface area contributed by atoms with Crippen molar-refractivity contribution in [1.29, 1.82) is 0 Å². The molecular formula is C8H12F3N3O. The summed E-state index contributed by atoms with van der Waals surface area (Å²) in [4.78, 5) is 0. The standard InChI is InChI=1S/C8H12F3N3O/c9-8(10,11)6-14-5-7(4-13-14)15-3-1-2-12/h4-5H,1-3,6,12H2. The number of aromatic nitrogens is 2. The molecule has 0 spiro atoms. The van der Waals surface area contributed by atoms with Crippen LogP contribution in [0.15, 0.2) is 12.4 Å². The molecule has 4 nitrogen and oxygen atoms in total. The zero-order chi connectivity index (χ0) is 11.3. The molecule has 1 aromatic rings. The zero-order valence-corrected chi connectivity index (χ0v) is 8.00. The van der Waals surface area contributed by atoms with Gasteiger partial charge in [-0.3, -0.25) is 4.68 Å². The van der Waals surface area contributed by atoms with Gasteiger partial charge in [-0.25, -0.2) is 0 Å². The van der Waals surface area contributed by atoms with Crippen molar-refractivity contribution in [2.45, 2.75) is 19.1 Å². The van der Waals surface area contributed by atoms with Crippen LogP contribution in [0.5, 0.6) is 5.75 Å². The lowest BCUT2D eigenvalue weighted by atomic mass is 10.5. The van der Waals surface area contributed by atoms with Crippen LogP contribution in [0.2, 0.25) is 0 Å². The van der Waals surface area contributed by atoms with E-state index < -0.39 is 12.7 Å². The van der Waals surface area contributed by atoms with Crippen molar-refractivity contribution < 1.29 is 17.9 Å². The van der Waals surface area contributed by atoms with Crippen LogP contribution in [0.4, 0.5) is 13.2 Å². The average molecular weight is 223 g/mol. The number of rotatable bonds is 5. The van der Waals surface area contributed by atoms with E-state index in [4.69, 9.17) is 10.5 Å². The van der Waals surface area contributed by atoms with E-state index in [1.165, 1.54) is 12.4 Å². The van der Waals surface area contributed by atoms with Gasteiger partial charge < -0.3 is 10.5 Å². The fourth-order valence-corrected chi connectivity index (χ4v) is 0.963. The van der Waals surface area contributed by atoms with Crippen LogP contribution in [-0.4, -0.2) is 29.1 Å². The molecule has 0 saturated carbocycles. The molecule has 7 heteroatoms. The summed E-state index contributed by atoms with van der Waals surface area (Å²) in [6.45, 7) is -0.238. The molecule has 0 aliphatic rings. The lowest BCUT2D eigenvalue weighted by Gasteiger charge is -2.05. The summed E-state index contributed by atoms with van der Waals surface area (Å²) in [5.41, 5.74) is 5.23. The lowest BCUT2D eigenvalue weighted by Crippen LogP contribution is -2.17. The SMILES string of the molecule is NCCCOc1cnn(CC(F)(F)F)c1. The number of halogens is 3. The first-order chi connectivity index (χ1) is 7.01. The van der Waals surface area contributed by atoms with E-state index >= 15 is 0 Å². The van der Waals surface area contributed by atoms with Gasteiger partial charge in [0.15, 0.2) is 5.75 Å². The summed E-state index contributed by atoms with van der Waals surface area (Å²) < 4.78 is 41.7. The first-order valence-electron chi connectivity index (χ1n) is 4.43. The predicted octanol–water partition coefficient (Wildman–Crippen LogP) is 1.17. The Morgan fingerprint density at radius 2 is 2.20 bits per heavy atom. The molecule has 0 atom stereocenters. The lowest BCUT2D eigenvalue weighted by molar-refractivity contribution is -0.142. The maximum absolute atomic E-state index is 11.9. The second-order valence-electron chi connectivity index (χ2n) is 2.98. The fraction of sp³-hybridized carbons (Fsp3) is 0.625. The molecule has 0 aliphatic carbocycles. The molecule has 0 fully saturated rings. The monoisotopic (exact) mass is 223 g/mol. The summed E-state index contributed by atoms with van der Waals surface area (Å²) in [5, 5.41) is 3.52. The minimum atomic E-state index is -4.26. The van der Waals surface area contributed by atoms with Gasteiger partial charge in [0.25, 0.3) is 0 Å². The Morgan fingerprint density at radius 3 is 2.80 bits per heavy atom. The third-order valence-electron chi connectivity index (χ3n) is 1.57. The third-order valence-corrected chi connectivity index (χ3v) is 1.57. The molecule has 15 heavy (non-hydrogen) atoms. The van der Waals surface area contributed by atoms with E-state index in [0.29, 0.717) is 25.3 Å². The van der Waals surface area contributed by atoms with E-state index in [2.05, 4.69) is 5.10 Å². The van der Waals surface area contributed by atoms with Gasteiger partial charge >= 0.3 is 6.18 Å². The van der Waals surface area contributed by atoms with Crippen LogP contribution in [0.25, 0.3) is 0 Å². The van der Waals surface area contributed by atoms with Crippen LogP contribution >= 0.6 is 0 Å². The number of nitrogens with two attached hydrogens (primary N) is 1. The van der Waals surface area contributed by atoms with Crippen molar-refractivity contribution in [3.05, 3.63) is 12.4 Å². The Balaban J connectivity index is 2.42. The first-order valence-corrected chi connectivity index (χ1v) is 4.43. The molecule has 0 bridgehead atoms. The smallest absolute Gasteiger partial charge is 0.408 e. The van der Waals surface area contributed by atoms with Crippen molar-refractivity contribution in [2.75, 3.05) is 13.2 Å². The van der Waals surface area contributed by atoms with Crippen LogP contribution in [0.3, 0.4) is 0 Å². The normalized spacial score (nSPS) is 11.7. The van der Waals surface area contributed by atoms with Gasteiger partial charge in [-0.2, -0.15) is 18.3 Å². The highest BCUT2D eigenvalue weighted by atomic mass is 19.4. The van der Waals surface area contributed by atoms with E-state index in [1.807, 2.05) is 0 Å². The van der Waals surface area contributed by atoms with Gasteiger partial charge in [0, 0.05) is 0 Å². The maximum Gasteiger partial charge on any atom is 0.408 e. The van der Waals surface area contributed by atoms with Crippen LogP contribution < -0.4 is 10.5 Å². The Hall–Kier alpha value is -1.24. The molecule has 0 aliphatic heterocycles. The molecule has 0 amide bonds. The van der Waals surface area contributed by atoms with Gasteiger partial charge in [0.05, 0.1) is 19.0 Å². The topological polar surface area (TPSA) is 53.1 Å². The second kappa shape index (κ2) is 5.01. The van der Waals surface area contributed by atoms with Gasteiger partial charge in [-0.05, 0) is 13.0 Å². The number of hydrogen-bond donors (Lipinski definition) is 1. The molecule has 1 aromatic heterocycles. The number of hydrogen-bond acceptors (Lipinski definition) is 3. The van der Waals surface area contributed by atoms with E-state index in [1.54, 1.807) is 0 Å². The van der Waals surface area contributed by atoms with Crippen molar-refractivity contribution in [3.8, 4) is 5.75 Å². The van der Waals surface area contributed by atoms with Crippen molar-refractivity contribution in [2.24, 2.45) is 5.73 Å². The molecule has 1 heterocycles. The predicted molar refractivity (Wildman–Crippen MR) is 47.4 cm³/mol. The highest BCUT2D eigenvalue weighted by molar-refractivity contribution is 5.11. The number of nitrogens with zero attached hydrogens (tertiary/aromatic N) is 2. The minimum Gasteiger partial charge on any atom is -0.490 e. The van der Waals surface area contributed by atoms with Crippen molar-refractivity contribution >= 4 is 0 Å². The van der Waals surface area contributed by atoms with Gasteiger partial charge in [0.1, 0.15) is 6.54 Å². The summed E-state index contributed by atoms with van der Waals surface area (Å²) in [5.74, 6) is 0.327. The first kappa shape index (κ1) is 11.8. The molecule has 0 radical (unpaired) electrons. The van der Waals surface area contributed by atoms with Crippen LogP contribution in [-0.2, 0) is 6.54 Å². The molecule has 86 valence electrons. The summed E-state index contributed by atoms with van der Waals surface area (Å²) in [7, 11) is 0. The van der Waals surface area contributed by atoms with Gasteiger partial charge in [-0.15, -0.1) is 0 Å². The molecule has 1 rings (SSSR count). The maximum atomic E-state index is 11.9. The quantitative estimate of drug-likeness (QED) is 0.762. The van der Waals surface area contributed by atoms with E-state index in [9.17, 15) is 13.2 Å². The number of alkyl halides is 3. The summed E-state index contributed by atoms with van der Waals surface area (Å²) in [6, 6.07) is 0. The Morgan fingerprint density at radius 1 is 1.47 bits per heavy atom. The summed E-state index contributed by atoms with van der Waals surface area (Å²) in [6.07, 6.45) is -1.14. The van der Waals surface area contributed by atoms with Crippen LogP contribution in [0, 0.1) is 0 Å². The molecule has 2 N–H and O–H groups in total. The highest BCUT2D eigenvalue weighted by Gasteiger charge is 2.28. The molecular weight excluding hydrogens is 211 g/mol. The van der Waals surface area contributed by atoms with E-state index in [-0.39, 0.29) is 0 Å². The Labute approximate surface area is 84.8 Å². The second-order valence-corrected chi connectivity index (χ2v) is 2.98. The molecule has 0 unspecified atom stereocenters. The van der Waals surface area contributed by atoms with Crippen molar-refractivity contribution in [3.63, 3.8) is 0 Å². The summed E-state index contributed by atoms with van der Waals surface area (Å²) >= 11 is 0. The fourth-order valence-electron chi connectivity index (χ4n) is 0.963. The van der Waals surface area contributed by atoms with Crippen molar-refractivity contribution in [1.82, 2.24) is 9.78 Å². The van der Waals surface area contributed by atoms with Gasteiger partial charge in [0.2, 0.25) is 0 Å². The number of ether oxygens (including phenoxy) is 1. The third kappa shape index (κ3) is 4.68.